The van der Waals surface area contributed by atoms with Crippen molar-refractivity contribution >= 4 is 15.9 Å². The third-order valence-electron chi connectivity index (χ3n) is 4.01. The van der Waals surface area contributed by atoms with Crippen LogP contribution in [0.5, 0.6) is 5.75 Å². The molecule has 1 aromatic carbocycles. The van der Waals surface area contributed by atoms with Crippen molar-refractivity contribution in [1.29, 1.82) is 0 Å². The lowest BCUT2D eigenvalue weighted by atomic mass is 9.82. The van der Waals surface area contributed by atoms with Gasteiger partial charge >= 0.3 is 0 Å². The maximum absolute atomic E-state index is 6.53. The summed E-state index contributed by atoms with van der Waals surface area (Å²) >= 11 is 3.46. The highest BCUT2D eigenvalue weighted by Gasteiger charge is 2.25. The van der Waals surface area contributed by atoms with Gasteiger partial charge in [0.2, 0.25) is 0 Å². The van der Waals surface area contributed by atoms with Crippen LogP contribution in [0, 0.1) is 0 Å². The summed E-state index contributed by atoms with van der Waals surface area (Å²) < 4.78 is 6.87. The van der Waals surface area contributed by atoms with Crippen molar-refractivity contribution in [1.82, 2.24) is 0 Å². The molecule has 1 fully saturated rings. The van der Waals surface area contributed by atoms with Crippen molar-refractivity contribution in [3.05, 3.63) is 28.7 Å². The predicted octanol–water partition coefficient (Wildman–Crippen LogP) is 4.66. The largest absolute Gasteiger partial charge is 0.493 e. The molecular formula is C16H24BrNO. The second-order valence-corrected chi connectivity index (χ2v) is 6.60. The first-order valence-corrected chi connectivity index (χ1v) is 8.15. The van der Waals surface area contributed by atoms with Gasteiger partial charge in [-0.25, -0.2) is 0 Å². The standard InChI is InChI=1S/C16H24BrNO/c17-14-7-6-8-15(13-14)19-12-11-16(18)9-4-2-1-3-5-10-16/h6-8,13H,1-5,9-12,18H2. The third-order valence-corrected chi connectivity index (χ3v) is 4.51. The molecule has 1 aromatic rings. The van der Waals surface area contributed by atoms with Crippen LogP contribution in [-0.2, 0) is 0 Å². The minimum atomic E-state index is -0.00751. The molecule has 1 aliphatic rings. The molecule has 2 rings (SSSR count). The van der Waals surface area contributed by atoms with E-state index in [1.807, 2.05) is 24.3 Å². The van der Waals surface area contributed by atoms with Gasteiger partial charge in [-0.1, -0.05) is 54.1 Å². The van der Waals surface area contributed by atoms with Gasteiger partial charge in [0.1, 0.15) is 5.75 Å². The summed E-state index contributed by atoms with van der Waals surface area (Å²) in [5.41, 5.74) is 6.53. The van der Waals surface area contributed by atoms with Gasteiger partial charge in [-0.3, -0.25) is 0 Å². The molecule has 2 N–H and O–H groups in total. The molecule has 0 unspecified atom stereocenters. The minimum Gasteiger partial charge on any atom is -0.493 e. The molecular weight excluding hydrogens is 302 g/mol. The summed E-state index contributed by atoms with van der Waals surface area (Å²) in [6.07, 6.45) is 9.85. The van der Waals surface area contributed by atoms with Crippen molar-refractivity contribution < 1.29 is 4.74 Å². The van der Waals surface area contributed by atoms with Crippen molar-refractivity contribution in [3.63, 3.8) is 0 Å². The SMILES string of the molecule is NC1(CCOc2cccc(Br)c2)CCCCCCC1. The van der Waals surface area contributed by atoms with Crippen molar-refractivity contribution in [3.8, 4) is 5.75 Å². The van der Waals surface area contributed by atoms with Gasteiger partial charge in [0.15, 0.2) is 0 Å². The normalized spacial score (nSPS) is 19.5. The smallest absolute Gasteiger partial charge is 0.120 e. The molecule has 0 aliphatic heterocycles. The van der Waals surface area contributed by atoms with E-state index < -0.39 is 0 Å². The Morgan fingerprint density at radius 3 is 2.47 bits per heavy atom. The molecule has 0 heterocycles. The van der Waals surface area contributed by atoms with Crippen LogP contribution >= 0.6 is 15.9 Å². The number of nitrogens with two attached hydrogens (primary N) is 1. The van der Waals surface area contributed by atoms with E-state index in [1.54, 1.807) is 0 Å². The fraction of sp³-hybridized carbons (Fsp3) is 0.625. The van der Waals surface area contributed by atoms with Crippen LogP contribution in [0.15, 0.2) is 28.7 Å². The molecule has 1 saturated carbocycles. The fourth-order valence-electron chi connectivity index (χ4n) is 2.79. The second kappa shape index (κ2) is 7.30. The average Bonchev–Trinajstić information content (AvgIpc) is 2.35. The van der Waals surface area contributed by atoms with E-state index in [4.69, 9.17) is 10.5 Å². The molecule has 0 amide bonds. The summed E-state index contributed by atoms with van der Waals surface area (Å²) in [5, 5.41) is 0. The monoisotopic (exact) mass is 325 g/mol. The highest BCUT2D eigenvalue weighted by atomic mass is 79.9. The van der Waals surface area contributed by atoms with Gasteiger partial charge in [-0.2, -0.15) is 0 Å². The zero-order valence-electron chi connectivity index (χ0n) is 11.5. The number of hydrogen-bond donors (Lipinski definition) is 1. The van der Waals surface area contributed by atoms with Gasteiger partial charge in [0.05, 0.1) is 6.61 Å². The molecule has 106 valence electrons. The van der Waals surface area contributed by atoms with Crippen LogP contribution in [0.3, 0.4) is 0 Å². The van der Waals surface area contributed by atoms with Crippen molar-refractivity contribution in [2.75, 3.05) is 6.61 Å². The predicted molar refractivity (Wildman–Crippen MR) is 83.5 cm³/mol. The minimum absolute atomic E-state index is 0.00751. The Labute approximate surface area is 124 Å². The van der Waals surface area contributed by atoms with Crippen LogP contribution in [-0.4, -0.2) is 12.1 Å². The lowest BCUT2D eigenvalue weighted by molar-refractivity contribution is 0.225. The summed E-state index contributed by atoms with van der Waals surface area (Å²) in [6, 6.07) is 7.99. The number of ether oxygens (including phenoxy) is 1. The summed E-state index contributed by atoms with van der Waals surface area (Å²) in [5.74, 6) is 0.920. The van der Waals surface area contributed by atoms with Crippen molar-refractivity contribution in [2.24, 2.45) is 5.73 Å². The molecule has 0 saturated heterocycles. The van der Waals surface area contributed by atoms with E-state index in [1.165, 1.54) is 32.1 Å². The van der Waals surface area contributed by atoms with Crippen LogP contribution < -0.4 is 10.5 Å². The van der Waals surface area contributed by atoms with E-state index in [-0.39, 0.29) is 5.54 Å². The van der Waals surface area contributed by atoms with Gasteiger partial charge < -0.3 is 10.5 Å². The van der Waals surface area contributed by atoms with Crippen molar-refractivity contribution in [2.45, 2.75) is 56.9 Å². The van der Waals surface area contributed by atoms with Crippen LogP contribution in [0.2, 0.25) is 0 Å². The van der Waals surface area contributed by atoms with Gasteiger partial charge in [-0.15, -0.1) is 0 Å². The topological polar surface area (TPSA) is 35.2 Å². The van der Waals surface area contributed by atoms with E-state index in [2.05, 4.69) is 15.9 Å². The van der Waals surface area contributed by atoms with Gasteiger partial charge in [-0.05, 0) is 37.5 Å². The Balaban J connectivity index is 1.80. The van der Waals surface area contributed by atoms with Crippen LogP contribution in [0.25, 0.3) is 0 Å². The van der Waals surface area contributed by atoms with E-state index >= 15 is 0 Å². The first-order chi connectivity index (χ1) is 9.18. The third kappa shape index (κ3) is 5.15. The molecule has 0 radical (unpaired) electrons. The average molecular weight is 326 g/mol. The van der Waals surface area contributed by atoms with Gasteiger partial charge in [0, 0.05) is 10.0 Å². The van der Waals surface area contributed by atoms with E-state index in [0.29, 0.717) is 6.61 Å². The van der Waals surface area contributed by atoms with E-state index in [0.717, 1.165) is 29.5 Å². The van der Waals surface area contributed by atoms with Crippen LogP contribution in [0.4, 0.5) is 0 Å². The van der Waals surface area contributed by atoms with Gasteiger partial charge in [0.25, 0.3) is 0 Å². The Hall–Kier alpha value is -0.540. The first kappa shape index (κ1) is 14.9. The number of hydrogen-bond acceptors (Lipinski definition) is 2. The highest BCUT2D eigenvalue weighted by Crippen LogP contribution is 2.27. The lowest BCUT2D eigenvalue weighted by Crippen LogP contribution is -2.41. The first-order valence-electron chi connectivity index (χ1n) is 7.35. The molecule has 0 atom stereocenters. The second-order valence-electron chi connectivity index (χ2n) is 5.69. The Morgan fingerprint density at radius 2 is 1.79 bits per heavy atom. The summed E-state index contributed by atoms with van der Waals surface area (Å²) in [6.45, 7) is 0.715. The molecule has 19 heavy (non-hydrogen) atoms. The maximum atomic E-state index is 6.53. The lowest BCUT2D eigenvalue weighted by Gasteiger charge is -2.31. The van der Waals surface area contributed by atoms with Crippen LogP contribution in [0.1, 0.15) is 51.4 Å². The maximum Gasteiger partial charge on any atom is 0.120 e. The van der Waals surface area contributed by atoms with E-state index in [9.17, 15) is 0 Å². The number of halogens is 1. The fourth-order valence-corrected chi connectivity index (χ4v) is 3.17. The molecule has 2 nitrogen and oxygen atoms in total. The zero-order chi connectivity index (χ0) is 13.6. The summed E-state index contributed by atoms with van der Waals surface area (Å²) in [4.78, 5) is 0. The Kier molecular flexibility index (Phi) is 5.71. The highest BCUT2D eigenvalue weighted by molar-refractivity contribution is 9.10. The molecule has 0 aromatic heterocycles. The Bertz CT molecular complexity index is 386. The summed E-state index contributed by atoms with van der Waals surface area (Å²) in [7, 11) is 0. The Morgan fingerprint density at radius 1 is 1.11 bits per heavy atom. The number of rotatable bonds is 4. The molecule has 1 aliphatic carbocycles. The quantitative estimate of drug-likeness (QED) is 0.873. The zero-order valence-corrected chi connectivity index (χ0v) is 13.1. The molecule has 3 heteroatoms. The molecule has 0 bridgehead atoms. The number of benzene rings is 1. The molecule has 0 spiro atoms.